The van der Waals surface area contributed by atoms with Crippen LogP contribution in [0.3, 0.4) is 0 Å². The standard InChI is InChI=1S/C9H11BF3N4.K/c1-6-8(5-14)2-7(4-10(11,12)13)3-9(6)16-17-15;/h2-3H,4-5,14H2,1H3;/q-1;+1. The molecule has 0 amide bonds. The Morgan fingerprint density at radius 1 is 1.39 bits per heavy atom. The van der Waals surface area contributed by atoms with E-state index in [0.717, 1.165) is 0 Å². The van der Waals surface area contributed by atoms with Gasteiger partial charge in [-0.1, -0.05) is 29.1 Å². The van der Waals surface area contributed by atoms with Crippen LogP contribution in [-0.2, 0) is 12.9 Å². The Labute approximate surface area is 145 Å². The topological polar surface area (TPSA) is 74.8 Å². The Morgan fingerprint density at radius 3 is 2.44 bits per heavy atom. The fourth-order valence-corrected chi connectivity index (χ4v) is 1.57. The summed E-state index contributed by atoms with van der Waals surface area (Å²) in [6, 6.07) is 2.66. The van der Waals surface area contributed by atoms with Gasteiger partial charge in [-0.3, -0.25) is 0 Å². The maximum Gasteiger partial charge on any atom is 1.00 e. The maximum absolute atomic E-state index is 12.3. The SMILES string of the molecule is Cc1c(CN)cc(C[B-](F)(F)F)cc1N=[N+]=[N-].[K+]. The zero-order valence-corrected chi connectivity index (χ0v) is 13.3. The van der Waals surface area contributed by atoms with E-state index < -0.39 is 13.3 Å². The molecule has 0 aliphatic rings. The normalized spacial score (nSPS) is 10.5. The third-order valence-electron chi connectivity index (χ3n) is 2.39. The number of nitrogens with two attached hydrogens (primary N) is 1. The van der Waals surface area contributed by atoms with E-state index in [2.05, 4.69) is 10.0 Å². The molecule has 0 saturated heterocycles. The van der Waals surface area contributed by atoms with Crippen molar-refractivity contribution in [2.45, 2.75) is 19.8 Å². The van der Waals surface area contributed by atoms with Crippen molar-refractivity contribution in [3.8, 4) is 0 Å². The second-order valence-corrected chi connectivity index (χ2v) is 3.71. The number of hydrogen-bond donors (Lipinski definition) is 1. The molecule has 18 heavy (non-hydrogen) atoms. The van der Waals surface area contributed by atoms with Gasteiger partial charge in [0.25, 0.3) is 0 Å². The van der Waals surface area contributed by atoms with Gasteiger partial charge in [-0.25, -0.2) is 0 Å². The minimum atomic E-state index is -4.92. The van der Waals surface area contributed by atoms with E-state index >= 15 is 0 Å². The number of hydrogen-bond acceptors (Lipinski definition) is 2. The molecule has 1 aromatic carbocycles. The molecule has 0 atom stereocenters. The Morgan fingerprint density at radius 2 is 2.00 bits per heavy atom. The van der Waals surface area contributed by atoms with E-state index in [0.29, 0.717) is 11.1 Å². The van der Waals surface area contributed by atoms with Crippen LogP contribution in [0.4, 0.5) is 18.6 Å². The first-order valence-electron chi connectivity index (χ1n) is 4.96. The first-order valence-corrected chi connectivity index (χ1v) is 4.96. The monoisotopic (exact) mass is 282 g/mol. The molecule has 0 heterocycles. The van der Waals surface area contributed by atoms with E-state index in [9.17, 15) is 12.9 Å². The van der Waals surface area contributed by atoms with Crippen molar-refractivity contribution < 1.29 is 64.3 Å². The number of azide groups is 1. The molecule has 0 spiro atoms. The van der Waals surface area contributed by atoms with Gasteiger partial charge in [-0.2, -0.15) is 0 Å². The van der Waals surface area contributed by atoms with Gasteiger partial charge in [-0.05, 0) is 23.6 Å². The molecule has 0 saturated carbocycles. The number of halogens is 3. The molecule has 4 nitrogen and oxygen atoms in total. The van der Waals surface area contributed by atoms with E-state index in [1.807, 2.05) is 0 Å². The predicted octanol–water partition coefficient (Wildman–Crippen LogP) is 0.329. The zero-order chi connectivity index (χ0) is 13.1. The van der Waals surface area contributed by atoms with Crippen LogP contribution in [0.1, 0.15) is 16.7 Å². The van der Waals surface area contributed by atoms with Crippen molar-refractivity contribution in [2.75, 3.05) is 0 Å². The molecule has 1 aromatic rings. The molecule has 1 rings (SSSR count). The van der Waals surface area contributed by atoms with Gasteiger partial charge in [-0.15, -0.1) is 0 Å². The summed E-state index contributed by atoms with van der Waals surface area (Å²) >= 11 is 0. The Bertz CT molecular complexity index is 472. The predicted molar refractivity (Wildman–Crippen MR) is 60.7 cm³/mol. The summed E-state index contributed by atoms with van der Waals surface area (Å²) in [5.74, 6) is 0. The molecule has 92 valence electrons. The van der Waals surface area contributed by atoms with Gasteiger partial charge >= 0.3 is 58.4 Å². The van der Waals surface area contributed by atoms with E-state index in [1.165, 1.54) is 12.1 Å². The van der Waals surface area contributed by atoms with Crippen LogP contribution in [0.5, 0.6) is 0 Å². The Kier molecular flexibility index (Phi) is 7.53. The molecule has 2 N–H and O–H groups in total. The van der Waals surface area contributed by atoms with Gasteiger partial charge in [0.05, 0.1) is 0 Å². The first-order chi connectivity index (χ1) is 7.87. The molecule has 0 aliphatic carbocycles. The fourth-order valence-electron chi connectivity index (χ4n) is 1.57. The average Bonchev–Trinajstić information content (AvgIpc) is 2.20. The summed E-state index contributed by atoms with van der Waals surface area (Å²) in [4.78, 5) is 2.59. The van der Waals surface area contributed by atoms with Gasteiger partial charge < -0.3 is 18.7 Å². The second-order valence-electron chi connectivity index (χ2n) is 3.71. The molecular formula is C9H11BF3KN4. The molecule has 0 unspecified atom stereocenters. The maximum atomic E-state index is 12.3. The zero-order valence-electron chi connectivity index (χ0n) is 10.2. The quantitative estimate of drug-likeness (QED) is 0.367. The first kappa shape index (κ1) is 18.0. The third kappa shape index (κ3) is 5.31. The number of rotatable bonds is 4. The molecule has 0 aliphatic heterocycles. The summed E-state index contributed by atoms with van der Waals surface area (Å²) < 4.78 is 37.0. The molecule has 9 heteroatoms. The molecule has 0 radical (unpaired) electrons. The van der Waals surface area contributed by atoms with Crippen molar-refractivity contribution in [1.29, 1.82) is 0 Å². The number of nitrogens with zero attached hydrogens (tertiary/aromatic N) is 3. The van der Waals surface area contributed by atoms with E-state index in [-0.39, 0.29) is 69.2 Å². The third-order valence-corrected chi connectivity index (χ3v) is 2.39. The minimum Gasteiger partial charge on any atom is -0.449 e. The van der Waals surface area contributed by atoms with Crippen LogP contribution in [0.25, 0.3) is 10.4 Å². The Balaban J connectivity index is 0.00000289. The van der Waals surface area contributed by atoms with Crippen LogP contribution >= 0.6 is 0 Å². The summed E-state index contributed by atoms with van der Waals surface area (Å²) in [5, 5.41) is 3.37. The van der Waals surface area contributed by atoms with Crippen LogP contribution in [0.2, 0.25) is 0 Å². The second kappa shape index (κ2) is 7.54. The molecule has 0 fully saturated rings. The van der Waals surface area contributed by atoms with Crippen LogP contribution < -0.4 is 57.1 Å². The molecular weight excluding hydrogens is 271 g/mol. The minimum absolute atomic E-state index is 0. The summed E-state index contributed by atoms with van der Waals surface area (Å²) in [6.07, 6.45) is -0.999. The van der Waals surface area contributed by atoms with Crippen molar-refractivity contribution >= 4 is 12.7 Å². The van der Waals surface area contributed by atoms with Crippen molar-refractivity contribution in [2.24, 2.45) is 10.8 Å². The van der Waals surface area contributed by atoms with Crippen LogP contribution in [0.15, 0.2) is 17.2 Å². The van der Waals surface area contributed by atoms with E-state index in [4.69, 9.17) is 11.3 Å². The van der Waals surface area contributed by atoms with Crippen molar-refractivity contribution in [1.82, 2.24) is 0 Å². The molecule has 0 bridgehead atoms. The molecule has 0 aromatic heterocycles. The van der Waals surface area contributed by atoms with Gasteiger partial charge in [0, 0.05) is 17.1 Å². The largest absolute Gasteiger partial charge is 1.00 e. The van der Waals surface area contributed by atoms with Crippen LogP contribution in [-0.4, -0.2) is 6.98 Å². The summed E-state index contributed by atoms with van der Waals surface area (Å²) in [6.45, 7) is -3.14. The van der Waals surface area contributed by atoms with Crippen LogP contribution in [0, 0.1) is 6.92 Å². The Hall–Kier alpha value is -0.0187. The number of benzene rings is 1. The van der Waals surface area contributed by atoms with E-state index in [1.54, 1.807) is 6.92 Å². The van der Waals surface area contributed by atoms with Crippen molar-refractivity contribution in [3.63, 3.8) is 0 Å². The van der Waals surface area contributed by atoms with Gasteiger partial charge in [0.1, 0.15) is 0 Å². The van der Waals surface area contributed by atoms with Crippen molar-refractivity contribution in [3.05, 3.63) is 39.3 Å². The smallest absolute Gasteiger partial charge is 0.449 e. The summed E-state index contributed by atoms with van der Waals surface area (Å²) in [5.41, 5.74) is 15.2. The average molecular weight is 282 g/mol. The van der Waals surface area contributed by atoms with Gasteiger partial charge in [0.2, 0.25) is 0 Å². The fraction of sp³-hybridized carbons (Fsp3) is 0.333. The van der Waals surface area contributed by atoms with Gasteiger partial charge in [0.15, 0.2) is 0 Å². The summed E-state index contributed by atoms with van der Waals surface area (Å²) in [7, 11) is 0.